The number of carbonyl (C=O) groups is 1. The maximum atomic E-state index is 12.7. The van der Waals surface area contributed by atoms with Gasteiger partial charge in [-0.25, -0.2) is 0 Å². The van der Waals surface area contributed by atoms with E-state index in [2.05, 4.69) is 5.32 Å². The molecule has 138 valence electrons. The molecule has 0 spiro atoms. The highest BCUT2D eigenvalue weighted by Gasteiger charge is 2.48. The van der Waals surface area contributed by atoms with Crippen LogP contribution in [-0.4, -0.2) is 54.9 Å². The summed E-state index contributed by atoms with van der Waals surface area (Å²) in [6.45, 7) is 2.97. The second-order valence-electron chi connectivity index (χ2n) is 7.26. The molecule has 1 amide bonds. The Balaban J connectivity index is 1.66. The number of hydrogen-bond acceptors (Lipinski definition) is 5. The number of nitrogens with zero attached hydrogens (tertiary/aromatic N) is 1. The Morgan fingerprint density at radius 3 is 2.40 bits per heavy atom. The summed E-state index contributed by atoms with van der Waals surface area (Å²) >= 11 is 0. The second-order valence-corrected chi connectivity index (χ2v) is 7.26. The summed E-state index contributed by atoms with van der Waals surface area (Å²) < 4.78 is 10.6. The first-order valence-electron chi connectivity index (χ1n) is 8.95. The number of likely N-dealkylation sites (tertiary alicyclic amines) is 1. The topological polar surface area (TPSA) is 71.0 Å². The number of nitrogens with one attached hydrogen (secondary N) is 1. The Bertz CT molecular complexity index is 606. The van der Waals surface area contributed by atoms with Crippen LogP contribution in [0.4, 0.5) is 5.69 Å². The molecule has 1 aromatic rings. The normalized spacial score (nSPS) is 22.9. The van der Waals surface area contributed by atoms with Gasteiger partial charge in [0.1, 0.15) is 17.1 Å². The molecule has 2 N–H and O–H groups in total. The fourth-order valence-electron chi connectivity index (χ4n) is 3.55. The van der Waals surface area contributed by atoms with Crippen LogP contribution in [0.15, 0.2) is 18.2 Å². The number of anilines is 1. The Hall–Kier alpha value is -1.95. The van der Waals surface area contributed by atoms with Crippen molar-refractivity contribution in [2.45, 2.75) is 44.2 Å². The molecule has 0 unspecified atom stereocenters. The molecule has 1 aromatic carbocycles. The van der Waals surface area contributed by atoms with E-state index in [9.17, 15) is 9.90 Å². The zero-order valence-electron chi connectivity index (χ0n) is 15.2. The number of amides is 1. The lowest BCUT2D eigenvalue weighted by atomic mass is 9.96. The molecule has 25 heavy (non-hydrogen) atoms. The van der Waals surface area contributed by atoms with Crippen LogP contribution in [0.3, 0.4) is 0 Å². The highest BCUT2D eigenvalue weighted by atomic mass is 16.5. The van der Waals surface area contributed by atoms with E-state index < -0.39 is 5.60 Å². The fraction of sp³-hybridized carbons (Fsp3) is 0.632. The Labute approximate surface area is 149 Å². The first kappa shape index (κ1) is 17.9. The van der Waals surface area contributed by atoms with Gasteiger partial charge in [-0.3, -0.25) is 4.79 Å². The lowest BCUT2D eigenvalue weighted by molar-refractivity contribution is -0.152. The van der Waals surface area contributed by atoms with E-state index in [1.807, 2.05) is 18.2 Å². The van der Waals surface area contributed by atoms with Crippen molar-refractivity contribution in [1.29, 1.82) is 0 Å². The van der Waals surface area contributed by atoms with Crippen molar-refractivity contribution >= 4 is 11.6 Å². The minimum absolute atomic E-state index is 0.121. The molecule has 3 rings (SSSR count). The lowest BCUT2D eigenvalue weighted by Crippen LogP contribution is -2.53. The molecule has 0 radical (unpaired) electrons. The van der Waals surface area contributed by atoms with E-state index >= 15 is 0 Å². The number of benzene rings is 1. The van der Waals surface area contributed by atoms with Gasteiger partial charge in [-0.15, -0.1) is 0 Å². The third-order valence-electron chi connectivity index (χ3n) is 5.24. The Morgan fingerprint density at radius 1 is 1.20 bits per heavy atom. The van der Waals surface area contributed by atoms with Crippen LogP contribution in [0.2, 0.25) is 0 Å². The van der Waals surface area contributed by atoms with E-state index in [-0.39, 0.29) is 17.9 Å². The van der Waals surface area contributed by atoms with Gasteiger partial charge in [0.15, 0.2) is 0 Å². The minimum atomic E-state index is -1.22. The maximum absolute atomic E-state index is 12.7. The molecule has 6 heteroatoms. The number of rotatable bonds is 6. The molecule has 1 saturated carbocycles. The second kappa shape index (κ2) is 7.12. The molecule has 2 fully saturated rings. The van der Waals surface area contributed by atoms with Crippen LogP contribution in [0.1, 0.15) is 32.6 Å². The van der Waals surface area contributed by atoms with E-state index in [1.54, 1.807) is 26.0 Å². The summed E-state index contributed by atoms with van der Waals surface area (Å²) in [7, 11) is 3.25. The van der Waals surface area contributed by atoms with Crippen molar-refractivity contribution in [3.8, 4) is 11.5 Å². The fourth-order valence-corrected chi connectivity index (χ4v) is 3.55. The van der Waals surface area contributed by atoms with Crippen molar-refractivity contribution < 1.29 is 19.4 Å². The van der Waals surface area contributed by atoms with Crippen molar-refractivity contribution in [3.63, 3.8) is 0 Å². The summed E-state index contributed by atoms with van der Waals surface area (Å²) in [5.74, 6) is 1.44. The number of aliphatic hydroxyl groups is 1. The standard InChI is InChI=1S/C19H28N2O4/c1-19(23,13-6-7-13)18(22)21-8-4-5-14(12-21)20-15-9-16(24-2)11-17(10-15)25-3/h9-11,13-14,20,23H,4-8,12H2,1-3H3/t14-,19-/m1/s1. The molecular weight excluding hydrogens is 320 g/mol. The quantitative estimate of drug-likeness (QED) is 0.825. The summed E-state index contributed by atoms with van der Waals surface area (Å²) in [6, 6.07) is 5.81. The molecule has 6 nitrogen and oxygen atoms in total. The molecule has 1 heterocycles. The highest BCUT2D eigenvalue weighted by Crippen LogP contribution is 2.40. The van der Waals surface area contributed by atoms with Gasteiger partial charge in [0.25, 0.3) is 5.91 Å². The van der Waals surface area contributed by atoms with Crippen LogP contribution < -0.4 is 14.8 Å². The van der Waals surface area contributed by atoms with Crippen LogP contribution >= 0.6 is 0 Å². The summed E-state index contributed by atoms with van der Waals surface area (Å²) in [6.07, 6.45) is 3.79. The van der Waals surface area contributed by atoms with Crippen LogP contribution in [-0.2, 0) is 4.79 Å². The number of methoxy groups -OCH3 is 2. The third kappa shape index (κ3) is 4.00. The van der Waals surface area contributed by atoms with E-state index in [1.165, 1.54) is 0 Å². The van der Waals surface area contributed by atoms with Gasteiger partial charge in [-0.2, -0.15) is 0 Å². The largest absolute Gasteiger partial charge is 0.497 e. The number of piperidine rings is 1. The van der Waals surface area contributed by atoms with Gasteiger partial charge < -0.3 is 24.8 Å². The van der Waals surface area contributed by atoms with Crippen LogP contribution in [0.5, 0.6) is 11.5 Å². The molecule has 2 atom stereocenters. The smallest absolute Gasteiger partial charge is 0.254 e. The van der Waals surface area contributed by atoms with Crippen molar-refractivity contribution in [1.82, 2.24) is 4.90 Å². The van der Waals surface area contributed by atoms with Crippen molar-refractivity contribution in [3.05, 3.63) is 18.2 Å². The predicted molar refractivity (Wildman–Crippen MR) is 96.1 cm³/mol. The van der Waals surface area contributed by atoms with E-state index in [4.69, 9.17) is 9.47 Å². The first-order chi connectivity index (χ1) is 11.9. The Morgan fingerprint density at radius 2 is 1.84 bits per heavy atom. The molecule has 1 saturated heterocycles. The average Bonchev–Trinajstić information content (AvgIpc) is 3.46. The summed E-state index contributed by atoms with van der Waals surface area (Å²) in [5.41, 5.74) is -0.314. The molecule has 0 aromatic heterocycles. The third-order valence-corrected chi connectivity index (χ3v) is 5.24. The van der Waals surface area contributed by atoms with Gasteiger partial charge in [0, 0.05) is 43.0 Å². The number of carbonyl (C=O) groups excluding carboxylic acids is 1. The lowest BCUT2D eigenvalue weighted by Gasteiger charge is -2.37. The van der Waals surface area contributed by atoms with Crippen LogP contribution in [0.25, 0.3) is 0 Å². The summed E-state index contributed by atoms with van der Waals surface area (Å²) in [4.78, 5) is 14.5. The van der Waals surface area contributed by atoms with E-state index in [0.717, 1.165) is 42.9 Å². The number of hydrogen-bond donors (Lipinski definition) is 2. The van der Waals surface area contributed by atoms with Gasteiger partial charge in [-0.1, -0.05) is 0 Å². The summed E-state index contributed by atoms with van der Waals surface area (Å²) in [5, 5.41) is 14.0. The van der Waals surface area contributed by atoms with Crippen molar-refractivity contribution in [2.24, 2.45) is 5.92 Å². The van der Waals surface area contributed by atoms with Crippen LogP contribution in [0, 0.1) is 5.92 Å². The van der Waals surface area contributed by atoms with E-state index in [0.29, 0.717) is 13.1 Å². The van der Waals surface area contributed by atoms with Gasteiger partial charge >= 0.3 is 0 Å². The highest BCUT2D eigenvalue weighted by molar-refractivity contribution is 5.85. The zero-order chi connectivity index (χ0) is 18.0. The maximum Gasteiger partial charge on any atom is 0.254 e. The molecule has 1 aliphatic carbocycles. The minimum Gasteiger partial charge on any atom is -0.497 e. The van der Waals surface area contributed by atoms with Gasteiger partial charge in [0.05, 0.1) is 14.2 Å². The van der Waals surface area contributed by atoms with Crippen molar-refractivity contribution in [2.75, 3.05) is 32.6 Å². The van der Waals surface area contributed by atoms with Gasteiger partial charge in [0.2, 0.25) is 0 Å². The first-order valence-corrected chi connectivity index (χ1v) is 8.95. The monoisotopic (exact) mass is 348 g/mol. The number of ether oxygens (including phenoxy) is 2. The molecule has 1 aliphatic heterocycles. The molecule has 0 bridgehead atoms. The molecule has 2 aliphatic rings. The molecular formula is C19H28N2O4. The average molecular weight is 348 g/mol. The SMILES string of the molecule is COc1cc(N[C@@H]2CCCN(C(=O)[C@](C)(O)C3CC3)C2)cc(OC)c1. The van der Waals surface area contributed by atoms with Gasteiger partial charge in [-0.05, 0) is 38.5 Å². The Kier molecular flexibility index (Phi) is 5.08. The zero-order valence-corrected chi connectivity index (χ0v) is 15.2. The predicted octanol–water partition coefficient (Wildman–Crippen LogP) is 2.27.